The third-order valence-electron chi connectivity index (χ3n) is 3.84. The molecular weight excluding hydrogens is 222 g/mol. The Kier molecular flexibility index (Phi) is 6.11. The van der Waals surface area contributed by atoms with Crippen LogP contribution < -0.4 is 5.32 Å². The van der Waals surface area contributed by atoms with Gasteiger partial charge in [-0.15, -0.1) is 0 Å². The zero-order valence-electron chi connectivity index (χ0n) is 12.5. The average Bonchev–Trinajstić information content (AvgIpc) is 2.53. The molecule has 0 spiro atoms. The third-order valence-corrected chi connectivity index (χ3v) is 3.84. The summed E-state index contributed by atoms with van der Waals surface area (Å²) in [6.45, 7) is 10.5. The van der Waals surface area contributed by atoms with Crippen molar-refractivity contribution in [2.45, 2.75) is 77.4 Å². The van der Waals surface area contributed by atoms with Crippen molar-refractivity contribution in [2.24, 2.45) is 0 Å². The van der Waals surface area contributed by atoms with Gasteiger partial charge in [0.05, 0.1) is 6.07 Å². The van der Waals surface area contributed by atoms with Crippen LogP contribution in [0.1, 0.15) is 59.8 Å². The van der Waals surface area contributed by atoms with Gasteiger partial charge in [-0.05, 0) is 46.6 Å². The highest BCUT2D eigenvalue weighted by atomic mass is 15.2. The molecule has 1 rings (SSSR count). The summed E-state index contributed by atoms with van der Waals surface area (Å²) in [6.07, 6.45) is 6.45. The number of likely N-dealkylation sites (tertiary alicyclic amines) is 1. The Morgan fingerprint density at radius 1 is 1.39 bits per heavy atom. The van der Waals surface area contributed by atoms with Gasteiger partial charge in [0.1, 0.15) is 5.54 Å². The van der Waals surface area contributed by atoms with Crippen molar-refractivity contribution < 1.29 is 0 Å². The topological polar surface area (TPSA) is 39.1 Å². The van der Waals surface area contributed by atoms with Crippen LogP contribution in [0.25, 0.3) is 0 Å². The van der Waals surface area contributed by atoms with Gasteiger partial charge in [0, 0.05) is 18.6 Å². The summed E-state index contributed by atoms with van der Waals surface area (Å²) in [7, 11) is 0. The first kappa shape index (κ1) is 15.5. The zero-order valence-corrected chi connectivity index (χ0v) is 12.5. The lowest BCUT2D eigenvalue weighted by molar-refractivity contribution is 0.155. The molecule has 0 saturated carbocycles. The van der Waals surface area contributed by atoms with Crippen LogP contribution in [0.5, 0.6) is 0 Å². The Hall–Kier alpha value is -0.590. The fourth-order valence-corrected chi connectivity index (χ4v) is 3.06. The Labute approximate surface area is 113 Å². The number of hydrogen-bond acceptors (Lipinski definition) is 3. The molecule has 3 heteroatoms. The maximum atomic E-state index is 9.45. The lowest BCUT2D eigenvalue weighted by Crippen LogP contribution is -2.54. The normalized spacial score (nSPS) is 25.4. The minimum atomic E-state index is -0.425. The highest BCUT2D eigenvalue weighted by Crippen LogP contribution is 2.21. The molecule has 104 valence electrons. The summed E-state index contributed by atoms with van der Waals surface area (Å²) < 4.78 is 0. The fraction of sp³-hybridized carbons (Fsp3) is 0.933. The van der Waals surface area contributed by atoms with E-state index < -0.39 is 5.54 Å². The lowest BCUT2D eigenvalue weighted by Gasteiger charge is -2.36. The number of nitriles is 1. The second-order valence-electron chi connectivity index (χ2n) is 6.12. The molecule has 0 bridgehead atoms. The van der Waals surface area contributed by atoms with E-state index in [2.05, 4.69) is 37.1 Å². The quantitative estimate of drug-likeness (QED) is 0.816. The summed E-state index contributed by atoms with van der Waals surface area (Å²) in [5.41, 5.74) is -0.425. The van der Waals surface area contributed by atoms with Crippen molar-refractivity contribution in [3.8, 4) is 6.07 Å². The second-order valence-corrected chi connectivity index (χ2v) is 6.12. The Morgan fingerprint density at radius 2 is 2.11 bits per heavy atom. The average molecular weight is 251 g/mol. The minimum absolute atomic E-state index is 0.349. The molecule has 1 aliphatic heterocycles. The monoisotopic (exact) mass is 251 g/mol. The molecule has 0 aliphatic carbocycles. The van der Waals surface area contributed by atoms with Gasteiger partial charge in [-0.25, -0.2) is 0 Å². The van der Waals surface area contributed by atoms with Crippen molar-refractivity contribution in [3.63, 3.8) is 0 Å². The van der Waals surface area contributed by atoms with E-state index in [1.54, 1.807) is 0 Å². The van der Waals surface area contributed by atoms with Crippen molar-refractivity contribution in [1.82, 2.24) is 10.2 Å². The second kappa shape index (κ2) is 7.11. The van der Waals surface area contributed by atoms with Gasteiger partial charge >= 0.3 is 0 Å². The highest BCUT2D eigenvalue weighted by molar-refractivity contribution is 5.07. The van der Waals surface area contributed by atoms with Gasteiger partial charge in [-0.3, -0.25) is 10.2 Å². The smallest absolute Gasteiger partial charge is 0.116 e. The summed E-state index contributed by atoms with van der Waals surface area (Å²) in [5, 5.41) is 12.9. The maximum Gasteiger partial charge on any atom is 0.116 e. The molecule has 18 heavy (non-hydrogen) atoms. The van der Waals surface area contributed by atoms with Crippen LogP contribution in [0.3, 0.4) is 0 Å². The zero-order chi connectivity index (χ0) is 13.6. The van der Waals surface area contributed by atoms with Crippen LogP contribution in [-0.2, 0) is 0 Å². The maximum absolute atomic E-state index is 9.45. The molecule has 3 nitrogen and oxygen atoms in total. The van der Waals surface area contributed by atoms with E-state index in [1.165, 1.54) is 32.1 Å². The van der Waals surface area contributed by atoms with Crippen molar-refractivity contribution in [2.75, 3.05) is 13.1 Å². The molecule has 0 aromatic carbocycles. The van der Waals surface area contributed by atoms with Gasteiger partial charge in [0.2, 0.25) is 0 Å². The molecule has 0 radical (unpaired) electrons. The van der Waals surface area contributed by atoms with Crippen LogP contribution in [0.2, 0.25) is 0 Å². The summed E-state index contributed by atoms with van der Waals surface area (Å²) >= 11 is 0. The van der Waals surface area contributed by atoms with Gasteiger partial charge in [-0.1, -0.05) is 19.8 Å². The largest absolute Gasteiger partial charge is 0.298 e. The molecule has 0 aromatic rings. The van der Waals surface area contributed by atoms with E-state index in [9.17, 15) is 5.26 Å². The van der Waals surface area contributed by atoms with Gasteiger partial charge in [-0.2, -0.15) is 5.26 Å². The van der Waals surface area contributed by atoms with Crippen molar-refractivity contribution in [1.29, 1.82) is 5.26 Å². The van der Waals surface area contributed by atoms with Gasteiger partial charge in [0.25, 0.3) is 0 Å². The predicted molar refractivity (Wildman–Crippen MR) is 76.4 cm³/mol. The third kappa shape index (κ3) is 4.59. The number of nitrogens with one attached hydrogen (secondary N) is 1. The summed E-state index contributed by atoms with van der Waals surface area (Å²) in [6, 6.07) is 3.48. The number of nitrogens with zero attached hydrogens (tertiary/aromatic N) is 2. The molecule has 2 unspecified atom stereocenters. The first-order valence-corrected chi connectivity index (χ1v) is 7.43. The van der Waals surface area contributed by atoms with E-state index in [0.29, 0.717) is 12.1 Å². The van der Waals surface area contributed by atoms with Crippen LogP contribution in [-0.4, -0.2) is 35.6 Å². The molecule has 1 N–H and O–H groups in total. The number of hydrogen-bond donors (Lipinski definition) is 1. The standard InChI is InChI=1S/C15H29N3/c1-5-14-9-7-6-8-10-18(14)12-15(4,11-16)17-13(2)3/h13-14,17H,5-10,12H2,1-4H3. The fourth-order valence-electron chi connectivity index (χ4n) is 3.06. The Balaban J connectivity index is 2.68. The van der Waals surface area contributed by atoms with Crippen LogP contribution in [0.15, 0.2) is 0 Å². The van der Waals surface area contributed by atoms with E-state index >= 15 is 0 Å². The molecule has 1 aliphatic rings. The van der Waals surface area contributed by atoms with Gasteiger partial charge < -0.3 is 0 Å². The first-order valence-electron chi connectivity index (χ1n) is 7.43. The Morgan fingerprint density at radius 3 is 2.67 bits per heavy atom. The van der Waals surface area contributed by atoms with E-state index in [0.717, 1.165) is 13.1 Å². The first-order chi connectivity index (χ1) is 8.50. The molecular formula is C15H29N3. The summed E-state index contributed by atoms with van der Waals surface area (Å²) in [4.78, 5) is 2.53. The van der Waals surface area contributed by atoms with Gasteiger partial charge in [0.15, 0.2) is 0 Å². The van der Waals surface area contributed by atoms with Crippen LogP contribution in [0, 0.1) is 11.3 Å². The molecule has 0 amide bonds. The van der Waals surface area contributed by atoms with Crippen LogP contribution in [0.4, 0.5) is 0 Å². The van der Waals surface area contributed by atoms with Crippen molar-refractivity contribution >= 4 is 0 Å². The lowest BCUT2D eigenvalue weighted by atomic mass is 10.00. The molecule has 1 heterocycles. The SMILES string of the molecule is CCC1CCCCCN1CC(C)(C#N)NC(C)C. The molecule has 0 aromatic heterocycles. The number of rotatable bonds is 5. The van der Waals surface area contributed by atoms with Crippen molar-refractivity contribution in [3.05, 3.63) is 0 Å². The van der Waals surface area contributed by atoms with E-state index in [4.69, 9.17) is 0 Å². The molecule has 2 atom stereocenters. The van der Waals surface area contributed by atoms with E-state index in [1.807, 2.05) is 6.92 Å². The predicted octanol–water partition coefficient (Wildman–Crippen LogP) is 2.92. The van der Waals surface area contributed by atoms with Crippen LogP contribution >= 0.6 is 0 Å². The summed E-state index contributed by atoms with van der Waals surface area (Å²) in [5.74, 6) is 0. The molecule has 1 saturated heterocycles. The Bertz CT molecular complexity index is 282. The minimum Gasteiger partial charge on any atom is -0.298 e. The van der Waals surface area contributed by atoms with E-state index in [-0.39, 0.29) is 0 Å². The highest BCUT2D eigenvalue weighted by Gasteiger charge is 2.30. The molecule has 1 fully saturated rings.